The van der Waals surface area contributed by atoms with Crippen molar-refractivity contribution < 1.29 is 9.53 Å². The maximum atomic E-state index is 12.2. The largest absolute Gasteiger partial charge is 0.440 e. The van der Waals surface area contributed by atoms with Gasteiger partial charge in [-0.15, -0.1) is 0 Å². The van der Waals surface area contributed by atoms with Gasteiger partial charge in [0.1, 0.15) is 5.75 Å². The lowest BCUT2D eigenvalue weighted by Crippen LogP contribution is -2.26. The predicted octanol–water partition coefficient (Wildman–Crippen LogP) is 2.27. The standard InChI is InChI=1S/C16H15N3O3S/c20-13(17-7-8-1-2-8)9-3-4-12-10(5-9)6-11-14(21)18-16(23)19-15(11)22-12/h3-5,8H,1-2,6-7H2,(H,17,20)(H2,18,19,21,23). The van der Waals surface area contributed by atoms with Gasteiger partial charge in [-0.05, 0) is 49.2 Å². The summed E-state index contributed by atoms with van der Waals surface area (Å²) in [6, 6.07) is 5.26. The molecule has 2 aromatic rings. The molecular formula is C16H15N3O3S. The Morgan fingerprint density at radius 1 is 1.35 bits per heavy atom. The smallest absolute Gasteiger partial charge is 0.259 e. The van der Waals surface area contributed by atoms with E-state index in [4.69, 9.17) is 17.0 Å². The van der Waals surface area contributed by atoms with E-state index >= 15 is 0 Å². The highest BCUT2D eigenvalue weighted by Gasteiger charge is 2.24. The maximum absolute atomic E-state index is 12.2. The normalized spacial score (nSPS) is 15.3. The number of amides is 1. The second kappa shape index (κ2) is 5.34. The number of hydrogen-bond acceptors (Lipinski definition) is 4. The number of benzene rings is 1. The molecule has 0 saturated heterocycles. The van der Waals surface area contributed by atoms with E-state index in [0.717, 1.165) is 12.1 Å². The molecule has 0 unspecified atom stereocenters. The van der Waals surface area contributed by atoms with Gasteiger partial charge in [0.05, 0.1) is 5.56 Å². The van der Waals surface area contributed by atoms with Gasteiger partial charge in [-0.3, -0.25) is 14.6 Å². The maximum Gasteiger partial charge on any atom is 0.259 e. The van der Waals surface area contributed by atoms with E-state index in [2.05, 4.69) is 15.3 Å². The van der Waals surface area contributed by atoms with Crippen LogP contribution in [0.25, 0.3) is 0 Å². The Kier molecular flexibility index (Phi) is 3.30. The summed E-state index contributed by atoms with van der Waals surface area (Å²) >= 11 is 4.95. The Balaban J connectivity index is 1.62. The highest BCUT2D eigenvalue weighted by atomic mass is 32.1. The van der Waals surface area contributed by atoms with E-state index < -0.39 is 0 Å². The van der Waals surface area contributed by atoms with Crippen LogP contribution in [0.5, 0.6) is 11.6 Å². The van der Waals surface area contributed by atoms with E-state index in [1.165, 1.54) is 12.8 Å². The van der Waals surface area contributed by atoms with Gasteiger partial charge in [-0.1, -0.05) is 0 Å². The van der Waals surface area contributed by atoms with E-state index in [9.17, 15) is 9.59 Å². The van der Waals surface area contributed by atoms with Gasteiger partial charge in [0.25, 0.3) is 11.5 Å². The van der Waals surface area contributed by atoms with Gasteiger partial charge < -0.3 is 15.0 Å². The van der Waals surface area contributed by atoms with Crippen LogP contribution >= 0.6 is 12.2 Å². The molecule has 1 aromatic heterocycles. The molecule has 118 valence electrons. The lowest BCUT2D eigenvalue weighted by atomic mass is 10.0. The summed E-state index contributed by atoms with van der Waals surface area (Å²) in [5.41, 5.74) is 1.61. The quantitative estimate of drug-likeness (QED) is 0.643. The molecule has 1 amide bonds. The van der Waals surface area contributed by atoms with E-state index in [0.29, 0.717) is 35.1 Å². The van der Waals surface area contributed by atoms with Crippen LogP contribution in [0.3, 0.4) is 0 Å². The van der Waals surface area contributed by atoms with E-state index in [1.54, 1.807) is 18.2 Å². The van der Waals surface area contributed by atoms with Crippen molar-refractivity contribution in [1.82, 2.24) is 15.3 Å². The predicted molar refractivity (Wildman–Crippen MR) is 86.6 cm³/mol. The number of carbonyl (C=O) groups is 1. The summed E-state index contributed by atoms with van der Waals surface area (Å²) in [5.74, 6) is 1.55. The van der Waals surface area contributed by atoms with E-state index in [-0.39, 0.29) is 16.2 Å². The topological polar surface area (TPSA) is 87.0 Å². The van der Waals surface area contributed by atoms with E-state index in [1.807, 2.05) is 0 Å². The number of aromatic amines is 2. The molecule has 7 heteroatoms. The third-order valence-corrected chi connectivity index (χ3v) is 4.36. The zero-order valence-electron chi connectivity index (χ0n) is 12.3. The first-order chi connectivity index (χ1) is 11.1. The summed E-state index contributed by atoms with van der Waals surface area (Å²) in [6.07, 6.45) is 2.79. The molecule has 1 aromatic carbocycles. The number of ether oxygens (including phenoxy) is 1. The monoisotopic (exact) mass is 329 g/mol. The third kappa shape index (κ3) is 2.79. The number of H-pyrrole nitrogens is 2. The van der Waals surface area contributed by atoms with Crippen LogP contribution in [-0.2, 0) is 6.42 Å². The van der Waals surface area contributed by atoms with Gasteiger partial charge in [-0.2, -0.15) is 0 Å². The van der Waals surface area contributed by atoms with Gasteiger partial charge in [0.2, 0.25) is 5.88 Å². The Morgan fingerprint density at radius 3 is 2.96 bits per heavy atom. The van der Waals surface area contributed by atoms with Gasteiger partial charge >= 0.3 is 0 Å². The molecule has 2 heterocycles. The fourth-order valence-electron chi connectivity index (χ4n) is 2.66. The van der Waals surface area contributed by atoms with Crippen molar-refractivity contribution in [2.24, 2.45) is 5.92 Å². The lowest BCUT2D eigenvalue weighted by molar-refractivity contribution is 0.0951. The summed E-state index contributed by atoms with van der Waals surface area (Å²) in [6.45, 7) is 0.728. The Bertz CT molecular complexity index is 912. The zero-order valence-corrected chi connectivity index (χ0v) is 13.1. The van der Waals surface area contributed by atoms with Crippen LogP contribution in [0.4, 0.5) is 0 Å². The van der Waals surface area contributed by atoms with Crippen LogP contribution in [0.15, 0.2) is 23.0 Å². The van der Waals surface area contributed by atoms with Crippen LogP contribution in [-0.4, -0.2) is 22.4 Å². The molecule has 0 bridgehead atoms. The molecule has 4 rings (SSSR count). The van der Waals surface area contributed by atoms with Crippen LogP contribution in [0.2, 0.25) is 0 Å². The summed E-state index contributed by atoms with van der Waals surface area (Å²) in [7, 11) is 0. The minimum absolute atomic E-state index is 0.0909. The molecule has 6 nitrogen and oxygen atoms in total. The van der Waals surface area contributed by atoms with Gasteiger partial charge in [0.15, 0.2) is 4.77 Å². The van der Waals surface area contributed by atoms with Crippen molar-refractivity contribution in [3.8, 4) is 11.6 Å². The zero-order chi connectivity index (χ0) is 16.0. The fourth-order valence-corrected chi connectivity index (χ4v) is 2.84. The Morgan fingerprint density at radius 2 is 2.17 bits per heavy atom. The van der Waals surface area contributed by atoms with Crippen LogP contribution < -0.4 is 15.6 Å². The van der Waals surface area contributed by atoms with Crippen molar-refractivity contribution in [1.29, 1.82) is 0 Å². The first-order valence-corrected chi connectivity index (χ1v) is 7.95. The summed E-state index contributed by atoms with van der Waals surface area (Å²) in [4.78, 5) is 29.6. The number of rotatable bonds is 3. The highest BCUT2D eigenvalue weighted by Crippen LogP contribution is 2.33. The molecule has 2 aliphatic rings. The number of fused-ring (bicyclic) bond motifs is 2. The SMILES string of the molecule is O=C(NCC1CC1)c1ccc2c(c1)Cc1c([nH]c(=S)[nH]c1=O)O2. The Labute approximate surface area is 136 Å². The average molecular weight is 329 g/mol. The second-order valence-electron chi connectivity index (χ2n) is 5.97. The van der Waals surface area contributed by atoms with Crippen molar-refractivity contribution in [3.05, 3.63) is 50.0 Å². The average Bonchev–Trinajstić information content (AvgIpc) is 3.34. The fraction of sp³-hybridized carbons (Fsp3) is 0.312. The van der Waals surface area contributed by atoms with Crippen molar-refractivity contribution in [2.75, 3.05) is 6.54 Å². The molecule has 0 spiro atoms. The minimum Gasteiger partial charge on any atom is -0.440 e. The minimum atomic E-state index is -0.266. The first kappa shape index (κ1) is 14.2. The molecule has 1 aliphatic carbocycles. The third-order valence-electron chi connectivity index (χ3n) is 4.15. The molecule has 1 fully saturated rings. The highest BCUT2D eigenvalue weighted by molar-refractivity contribution is 7.71. The second-order valence-corrected chi connectivity index (χ2v) is 6.38. The number of aromatic nitrogens is 2. The number of carbonyl (C=O) groups excluding carboxylic acids is 1. The number of nitrogens with one attached hydrogen (secondary N) is 3. The molecule has 1 aliphatic heterocycles. The van der Waals surface area contributed by atoms with Crippen LogP contribution in [0.1, 0.15) is 34.3 Å². The molecule has 23 heavy (non-hydrogen) atoms. The van der Waals surface area contributed by atoms with Gasteiger partial charge in [-0.25, -0.2) is 0 Å². The lowest BCUT2D eigenvalue weighted by Gasteiger charge is -2.19. The Hall–Kier alpha value is -2.41. The molecule has 3 N–H and O–H groups in total. The van der Waals surface area contributed by atoms with Crippen molar-refractivity contribution in [3.63, 3.8) is 0 Å². The molecule has 1 saturated carbocycles. The summed E-state index contributed by atoms with van der Waals surface area (Å²) < 4.78 is 5.94. The van der Waals surface area contributed by atoms with Gasteiger partial charge in [0, 0.05) is 24.1 Å². The molecule has 0 atom stereocenters. The number of hydrogen-bond donors (Lipinski definition) is 3. The molecular weight excluding hydrogens is 314 g/mol. The van der Waals surface area contributed by atoms with Crippen molar-refractivity contribution >= 4 is 18.1 Å². The molecule has 0 radical (unpaired) electrons. The van der Waals surface area contributed by atoms with Crippen molar-refractivity contribution in [2.45, 2.75) is 19.3 Å². The van der Waals surface area contributed by atoms with Crippen LogP contribution in [0, 0.1) is 10.7 Å². The first-order valence-electron chi connectivity index (χ1n) is 7.54. The summed E-state index contributed by atoms with van der Waals surface area (Å²) in [5, 5.41) is 2.94.